The van der Waals surface area contributed by atoms with Gasteiger partial charge in [0, 0.05) is 5.56 Å². The first-order chi connectivity index (χ1) is 14.6. The van der Waals surface area contributed by atoms with Crippen LogP contribution in [0.2, 0.25) is 0 Å². The second-order valence-corrected chi connectivity index (χ2v) is 6.51. The van der Waals surface area contributed by atoms with Gasteiger partial charge in [0.05, 0.1) is 22.4 Å². The van der Waals surface area contributed by atoms with E-state index in [0.717, 1.165) is 24.3 Å². The van der Waals surface area contributed by atoms with Crippen LogP contribution in [0.15, 0.2) is 66.7 Å². The SMILES string of the molecule is NC(=O)c1c(NC(=O)c2ccc(C(F)(F)F)cc2)cc(-c2ccccc2)cc1C(=O)O. The summed E-state index contributed by atoms with van der Waals surface area (Å²) >= 11 is 0. The number of hydrogen-bond acceptors (Lipinski definition) is 3. The van der Waals surface area contributed by atoms with Crippen LogP contribution < -0.4 is 11.1 Å². The summed E-state index contributed by atoms with van der Waals surface area (Å²) in [6.07, 6.45) is -4.56. The third kappa shape index (κ3) is 4.72. The van der Waals surface area contributed by atoms with Gasteiger partial charge in [0.2, 0.25) is 0 Å². The number of carbonyl (C=O) groups is 3. The molecule has 4 N–H and O–H groups in total. The number of carboxylic acids is 1. The number of carbonyl (C=O) groups excluding carboxylic acids is 2. The van der Waals surface area contributed by atoms with Gasteiger partial charge in [-0.1, -0.05) is 30.3 Å². The Hall–Kier alpha value is -4.14. The molecule has 0 spiro atoms. The number of primary amides is 1. The van der Waals surface area contributed by atoms with Gasteiger partial charge in [0.1, 0.15) is 0 Å². The second-order valence-electron chi connectivity index (χ2n) is 6.51. The van der Waals surface area contributed by atoms with Crippen molar-refractivity contribution < 1.29 is 32.7 Å². The summed E-state index contributed by atoms with van der Waals surface area (Å²) in [6.45, 7) is 0. The first-order valence-corrected chi connectivity index (χ1v) is 8.83. The molecule has 158 valence electrons. The lowest BCUT2D eigenvalue weighted by molar-refractivity contribution is -0.137. The molecule has 0 atom stereocenters. The van der Waals surface area contributed by atoms with E-state index in [1.165, 1.54) is 12.1 Å². The molecule has 3 rings (SSSR count). The molecule has 2 amide bonds. The van der Waals surface area contributed by atoms with Crippen molar-refractivity contribution in [3.05, 3.63) is 89.0 Å². The van der Waals surface area contributed by atoms with Crippen LogP contribution in [0.5, 0.6) is 0 Å². The van der Waals surface area contributed by atoms with Crippen LogP contribution >= 0.6 is 0 Å². The topological polar surface area (TPSA) is 109 Å². The number of anilines is 1. The van der Waals surface area contributed by atoms with Gasteiger partial charge in [-0.05, 0) is 47.5 Å². The maximum atomic E-state index is 12.7. The monoisotopic (exact) mass is 428 g/mol. The van der Waals surface area contributed by atoms with Gasteiger partial charge in [-0.15, -0.1) is 0 Å². The zero-order valence-corrected chi connectivity index (χ0v) is 15.7. The molecule has 0 aliphatic carbocycles. The van der Waals surface area contributed by atoms with Crippen molar-refractivity contribution in [2.24, 2.45) is 5.73 Å². The highest BCUT2D eigenvalue weighted by Gasteiger charge is 2.30. The molecule has 9 heteroatoms. The van der Waals surface area contributed by atoms with Gasteiger partial charge in [-0.25, -0.2) is 4.79 Å². The summed E-state index contributed by atoms with van der Waals surface area (Å²) in [4.78, 5) is 36.3. The fraction of sp³-hybridized carbons (Fsp3) is 0.0455. The normalized spacial score (nSPS) is 11.1. The lowest BCUT2D eigenvalue weighted by Crippen LogP contribution is -2.22. The van der Waals surface area contributed by atoms with Crippen molar-refractivity contribution in [3.63, 3.8) is 0 Å². The lowest BCUT2D eigenvalue weighted by Gasteiger charge is -2.15. The first-order valence-electron chi connectivity index (χ1n) is 8.83. The predicted octanol–water partition coefficient (Wildman–Crippen LogP) is 4.42. The first kappa shape index (κ1) is 21.6. The van der Waals surface area contributed by atoms with Gasteiger partial charge >= 0.3 is 12.1 Å². The molecule has 0 aromatic heterocycles. The molecule has 0 heterocycles. The summed E-state index contributed by atoms with van der Waals surface area (Å²) in [5.41, 5.74) is 4.29. The van der Waals surface area contributed by atoms with E-state index in [-0.39, 0.29) is 11.3 Å². The van der Waals surface area contributed by atoms with Crippen LogP contribution in [0, 0.1) is 0 Å². The van der Waals surface area contributed by atoms with Gasteiger partial charge in [0.25, 0.3) is 11.8 Å². The Morgan fingerprint density at radius 1 is 0.871 bits per heavy atom. The third-order valence-corrected chi connectivity index (χ3v) is 4.44. The number of amides is 2. The van der Waals surface area contributed by atoms with Gasteiger partial charge in [-0.3, -0.25) is 9.59 Å². The Morgan fingerprint density at radius 3 is 2.00 bits per heavy atom. The van der Waals surface area contributed by atoms with Crippen molar-refractivity contribution in [1.82, 2.24) is 0 Å². The number of benzene rings is 3. The van der Waals surface area contributed by atoms with E-state index >= 15 is 0 Å². The molecule has 0 radical (unpaired) electrons. The number of nitrogens with one attached hydrogen (secondary N) is 1. The number of nitrogens with two attached hydrogens (primary N) is 1. The van der Waals surface area contributed by atoms with Crippen molar-refractivity contribution >= 4 is 23.5 Å². The lowest BCUT2D eigenvalue weighted by atomic mass is 9.96. The highest BCUT2D eigenvalue weighted by atomic mass is 19.4. The van der Waals surface area contributed by atoms with Gasteiger partial charge in [-0.2, -0.15) is 13.2 Å². The van der Waals surface area contributed by atoms with E-state index in [4.69, 9.17) is 5.73 Å². The Bertz CT molecular complexity index is 1160. The number of aromatic carboxylic acids is 1. The van der Waals surface area contributed by atoms with Gasteiger partial charge < -0.3 is 16.2 Å². The minimum Gasteiger partial charge on any atom is -0.478 e. The highest BCUT2D eigenvalue weighted by Crippen LogP contribution is 2.31. The van der Waals surface area contributed by atoms with Crippen LogP contribution in [0.1, 0.15) is 36.6 Å². The summed E-state index contributed by atoms with van der Waals surface area (Å²) < 4.78 is 38.2. The molecule has 6 nitrogen and oxygen atoms in total. The standard InChI is InChI=1S/C22H15F3N2O4/c23-22(24,25)15-8-6-13(7-9-15)20(29)27-17-11-14(12-4-2-1-3-5-12)10-16(21(30)31)18(17)19(26)28/h1-11H,(H2,26,28)(H,27,29)(H,30,31). The maximum Gasteiger partial charge on any atom is 0.416 e. The fourth-order valence-corrected chi connectivity index (χ4v) is 2.98. The number of alkyl halides is 3. The molecule has 0 aliphatic rings. The van der Waals surface area contributed by atoms with E-state index in [0.29, 0.717) is 11.1 Å². The molecule has 0 saturated heterocycles. The summed E-state index contributed by atoms with van der Waals surface area (Å²) in [7, 11) is 0. The Balaban J connectivity index is 2.06. The fourth-order valence-electron chi connectivity index (χ4n) is 2.98. The van der Waals surface area contributed by atoms with Crippen LogP contribution in [0.4, 0.5) is 18.9 Å². The van der Waals surface area contributed by atoms with Crippen molar-refractivity contribution in [3.8, 4) is 11.1 Å². The van der Waals surface area contributed by atoms with Crippen molar-refractivity contribution in [1.29, 1.82) is 0 Å². The number of hydrogen-bond donors (Lipinski definition) is 3. The highest BCUT2D eigenvalue weighted by molar-refractivity contribution is 6.13. The molecule has 0 bridgehead atoms. The second kappa shape index (κ2) is 8.31. The van der Waals surface area contributed by atoms with Crippen LogP contribution in [-0.2, 0) is 6.18 Å². The van der Waals surface area contributed by atoms with E-state index in [1.54, 1.807) is 30.3 Å². The van der Waals surface area contributed by atoms with E-state index in [1.807, 2.05) is 0 Å². The molecular weight excluding hydrogens is 413 g/mol. The summed E-state index contributed by atoms with van der Waals surface area (Å²) in [5.74, 6) is -3.35. The van der Waals surface area contributed by atoms with E-state index in [2.05, 4.69) is 5.32 Å². The molecule has 0 fully saturated rings. The molecular formula is C22H15F3N2O4. The zero-order chi connectivity index (χ0) is 22.8. The molecule has 3 aromatic rings. The van der Waals surface area contributed by atoms with E-state index in [9.17, 15) is 32.7 Å². The third-order valence-electron chi connectivity index (χ3n) is 4.44. The predicted molar refractivity (Wildman–Crippen MR) is 107 cm³/mol. The van der Waals surface area contributed by atoms with Crippen LogP contribution in [0.25, 0.3) is 11.1 Å². The van der Waals surface area contributed by atoms with Crippen LogP contribution in [0.3, 0.4) is 0 Å². The largest absolute Gasteiger partial charge is 0.478 e. The maximum absolute atomic E-state index is 12.7. The summed E-state index contributed by atoms with van der Waals surface area (Å²) in [5, 5.41) is 11.9. The summed E-state index contributed by atoms with van der Waals surface area (Å²) in [6, 6.07) is 14.7. The Labute approximate surface area is 174 Å². The van der Waals surface area contributed by atoms with Crippen molar-refractivity contribution in [2.45, 2.75) is 6.18 Å². The number of rotatable bonds is 5. The molecule has 0 aliphatic heterocycles. The van der Waals surface area contributed by atoms with Gasteiger partial charge in [0.15, 0.2) is 0 Å². The Kier molecular flexibility index (Phi) is 5.78. The van der Waals surface area contributed by atoms with Crippen molar-refractivity contribution in [2.75, 3.05) is 5.32 Å². The smallest absolute Gasteiger partial charge is 0.416 e. The Morgan fingerprint density at radius 2 is 1.48 bits per heavy atom. The minimum absolute atomic E-state index is 0.120. The average molecular weight is 428 g/mol. The quantitative estimate of drug-likeness (QED) is 0.559. The number of carboxylic acid groups (broad SMARTS) is 1. The molecule has 0 saturated carbocycles. The molecule has 0 unspecified atom stereocenters. The van der Waals surface area contributed by atoms with E-state index < -0.39 is 40.7 Å². The average Bonchev–Trinajstić information content (AvgIpc) is 2.73. The van der Waals surface area contributed by atoms with Crippen LogP contribution in [-0.4, -0.2) is 22.9 Å². The molecule has 3 aromatic carbocycles. The number of halogens is 3. The zero-order valence-electron chi connectivity index (χ0n) is 15.7. The minimum atomic E-state index is -4.56. The molecule has 31 heavy (non-hydrogen) atoms.